The Kier molecular flexibility index (Phi) is 5.00. The number of sulfonamides is 1. The Morgan fingerprint density at radius 1 is 1.55 bits per heavy atom. The summed E-state index contributed by atoms with van der Waals surface area (Å²) >= 11 is 3.22. The van der Waals surface area contributed by atoms with Crippen LogP contribution in [0.3, 0.4) is 0 Å². The van der Waals surface area contributed by atoms with E-state index < -0.39 is 10.0 Å². The normalized spacial score (nSPS) is 20.4. The molecule has 6 nitrogen and oxygen atoms in total. The van der Waals surface area contributed by atoms with Crippen molar-refractivity contribution in [3.8, 4) is 0 Å². The van der Waals surface area contributed by atoms with E-state index in [4.69, 9.17) is 10.8 Å². The highest BCUT2D eigenvalue weighted by molar-refractivity contribution is 9.10. The maximum absolute atomic E-state index is 12.7. The van der Waals surface area contributed by atoms with Crippen LogP contribution in [0.25, 0.3) is 0 Å². The molecule has 2 heterocycles. The number of aliphatic hydroxyl groups is 1. The standard InChI is InChI=1S/C12H18BrN3O3S/c13-9-7-11(12(14)15-8-9)20(18,19)16-5-1-3-10(16)4-2-6-17/h7-8,10,17H,1-6H2,(H2,14,15). The van der Waals surface area contributed by atoms with Crippen molar-refractivity contribution in [2.75, 3.05) is 18.9 Å². The third-order valence-electron chi connectivity index (χ3n) is 3.45. The quantitative estimate of drug-likeness (QED) is 0.822. The minimum atomic E-state index is -3.64. The van der Waals surface area contributed by atoms with E-state index in [-0.39, 0.29) is 23.4 Å². The van der Waals surface area contributed by atoms with Crippen molar-refractivity contribution >= 4 is 31.8 Å². The average molecular weight is 364 g/mol. The summed E-state index contributed by atoms with van der Waals surface area (Å²) in [6.45, 7) is 0.565. The summed E-state index contributed by atoms with van der Waals surface area (Å²) in [5.41, 5.74) is 5.71. The first-order valence-electron chi connectivity index (χ1n) is 6.50. The minimum absolute atomic E-state index is 0.0148. The van der Waals surface area contributed by atoms with Gasteiger partial charge in [-0.25, -0.2) is 13.4 Å². The number of aromatic nitrogens is 1. The first-order chi connectivity index (χ1) is 9.46. The highest BCUT2D eigenvalue weighted by Crippen LogP contribution is 2.31. The van der Waals surface area contributed by atoms with Crippen LogP contribution in [-0.2, 0) is 10.0 Å². The van der Waals surface area contributed by atoms with Crippen LogP contribution in [0.2, 0.25) is 0 Å². The summed E-state index contributed by atoms with van der Waals surface area (Å²) in [7, 11) is -3.64. The van der Waals surface area contributed by atoms with Crippen LogP contribution < -0.4 is 5.73 Å². The predicted octanol–water partition coefficient (Wildman–Crippen LogP) is 1.35. The van der Waals surface area contributed by atoms with Crippen LogP contribution in [-0.4, -0.2) is 42.0 Å². The average Bonchev–Trinajstić information content (AvgIpc) is 2.88. The molecule has 1 aliphatic heterocycles. The molecule has 8 heteroatoms. The molecule has 0 radical (unpaired) electrons. The van der Waals surface area contributed by atoms with Gasteiger partial charge in [0, 0.05) is 29.9 Å². The lowest BCUT2D eigenvalue weighted by molar-refractivity contribution is 0.264. The molecule has 1 unspecified atom stereocenters. The second kappa shape index (κ2) is 6.38. The predicted molar refractivity (Wildman–Crippen MR) is 79.6 cm³/mol. The maximum Gasteiger partial charge on any atom is 0.247 e. The van der Waals surface area contributed by atoms with Crippen molar-refractivity contribution in [3.63, 3.8) is 0 Å². The lowest BCUT2D eigenvalue weighted by Crippen LogP contribution is -2.36. The number of nitrogens with zero attached hydrogens (tertiary/aromatic N) is 2. The Morgan fingerprint density at radius 3 is 3.00 bits per heavy atom. The number of hydrogen-bond acceptors (Lipinski definition) is 5. The van der Waals surface area contributed by atoms with Gasteiger partial charge in [-0.2, -0.15) is 4.31 Å². The molecule has 1 aliphatic rings. The van der Waals surface area contributed by atoms with Gasteiger partial charge >= 0.3 is 0 Å². The lowest BCUT2D eigenvalue weighted by Gasteiger charge is -2.24. The summed E-state index contributed by atoms with van der Waals surface area (Å²) in [6.07, 6.45) is 4.39. The summed E-state index contributed by atoms with van der Waals surface area (Å²) in [4.78, 5) is 3.93. The molecule has 3 N–H and O–H groups in total. The zero-order chi connectivity index (χ0) is 14.8. The molecule has 0 spiro atoms. The van der Waals surface area contributed by atoms with E-state index in [9.17, 15) is 8.42 Å². The second-order valence-electron chi connectivity index (χ2n) is 4.81. The number of hydrogen-bond donors (Lipinski definition) is 2. The van der Waals surface area contributed by atoms with Crippen molar-refractivity contribution in [1.82, 2.24) is 9.29 Å². The third-order valence-corrected chi connectivity index (χ3v) is 5.87. The summed E-state index contributed by atoms with van der Waals surface area (Å²) in [6, 6.07) is 1.42. The van der Waals surface area contributed by atoms with Crippen LogP contribution in [0.1, 0.15) is 25.7 Å². The molecule has 0 saturated carbocycles. The van der Waals surface area contributed by atoms with Gasteiger partial charge in [-0.3, -0.25) is 0 Å². The zero-order valence-corrected chi connectivity index (χ0v) is 13.4. The Labute approximate surface area is 127 Å². The first-order valence-corrected chi connectivity index (χ1v) is 8.74. The summed E-state index contributed by atoms with van der Waals surface area (Å²) in [5.74, 6) is 0.0148. The van der Waals surface area contributed by atoms with Crippen LogP contribution in [0.5, 0.6) is 0 Å². The number of rotatable bonds is 5. The summed E-state index contributed by atoms with van der Waals surface area (Å²) in [5, 5.41) is 8.91. The van der Waals surface area contributed by atoms with Crippen molar-refractivity contribution in [1.29, 1.82) is 0 Å². The Balaban J connectivity index is 2.31. The van der Waals surface area contributed by atoms with Gasteiger partial charge in [-0.05, 0) is 47.7 Å². The molecule has 0 aromatic carbocycles. The fraction of sp³-hybridized carbons (Fsp3) is 0.583. The fourth-order valence-electron chi connectivity index (χ4n) is 2.51. The molecular formula is C12H18BrN3O3S. The zero-order valence-electron chi connectivity index (χ0n) is 11.0. The van der Waals surface area contributed by atoms with E-state index in [1.165, 1.54) is 16.6 Å². The van der Waals surface area contributed by atoms with Crippen molar-refractivity contribution in [2.45, 2.75) is 36.6 Å². The molecular weight excluding hydrogens is 346 g/mol. The molecule has 112 valence electrons. The van der Waals surface area contributed by atoms with Crippen LogP contribution in [0, 0.1) is 0 Å². The molecule has 1 aromatic rings. The minimum Gasteiger partial charge on any atom is -0.396 e. The smallest absolute Gasteiger partial charge is 0.247 e. The highest BCUT2D eigenvalue weighted by Gasteiger charge is 2.36. The van der Waals surface area contributed by atoms with Gasteiger partial charge in [0.05, 0.1) is 0 Å². The largest absolute Gasteiger partial charge is 0.396 e. The van der Waals surface area contributed by atoms with Gasteiger partial charge in [0.25, 0.3) is 0 Å². The third kappa shape index (κ3) is 3.13. The number of nitrogen functional groups attached to an aromatic ring is 1. The van der Waals surface area contributed by atoms with Crippen LogP contribution >= 0.6 is 15.9 Å². The molecule has 1 aromatic heterocycles. The molecule has 0 amide bonds. The van der Waals surface area contributed by atoms with Crippen molar-refractivity contribution < 1.29 is 13.5 Å². The van der Waals surface area contributed by atoms with Crippen LogP contribution in [0.15, 0.2) is 21.6 Å². The molecule has 0 aliphatic carbocycles. The Hall–Kier alpha value is -0.700. The van der Waals surface area contributed by atoms with Crippen molar-refractivity contribution in [2.24, 2.45) is 0 Å². The van der Waals surface area contributed by atoms with E-state index in [1.54, 1.807) is 0 Å². The van der Waals surface area contributed by atoms with Crippen LogP contribution in [0.4, 0.5) is 5.82 Å². The van der Waals surface area contributed by atoms with Gasteiger partial charge in [-0.15, -0.1) is 0 Å². The molecule has 0 bridgehead atoms. The SMILES string of the molecule is Nc1ncc(Br)cc1S(=O)(=O)N1CCCC1CCCO. The van der Waals surface area contributed by atoms with E-state index in [2.05, 4.69) is 20.9 Å². The van der Waals surface area contributed by atoms with Gasteiger partial charge in [0.2, 0.25) is 10.0 Å². The molecule has 2 rings (SSSR count). The van der Waals surface area contributed by atoms with Gasteiger partial charge in [0.1, 0.15) is 10.7 Å². The van der Waals surface area contributed by atoms with E-state index in [1.807, 2.05) is 0 Å². The van der Waals surface area contributed by atoms with E-state index in [0.29, 0.717) is 23.9 Å². The maximum atomic E-state index is 12.7. The summed E-state index contributed by atoms with van der Waals surface area (Å²) < 4.78 is 27.5. The number of aliphatic hydroxyl groups excluding tert-OH is 1. The van der Waals surface area contributed by atoms with E-state index in [0.717, 1.165) is 12.8 Å². The number of nitrogens with two attached hydrogens (primary N) is 1. The molecule has 20 heavy (non-hydrogen) atoms. The Morgan fingerprint density at radius 2 is 2.30 bits per heavy atom. The Bertz CT molecular complexity index is 579. The fourth-order valence-corrected chi connectivity index (χ4v) is 4.81. The first kappa shape index (κ1) is 15.7. The van der Waals surface area contributed by atoms with Gasteiger partial charge in [-0.1, -0.05) is 0 Å². The molecule has 1 atom stereocenters. The lowest BCUT2D eigenvalue weighted by atomic mass is 10.1. The second-order valence-corrected chi connectivity index (χ2v) is 7.59. The monoisotopic (exact) mass is 363 g/mol. The van der Waals surface area contributed by atoms with E-state index >= 15 is 0 Å². The number of halogens is 1. The molecule has 1 fully saturated rings. The topological polar surface area (TPSA) is 96.5 Å². The number of anilines is 1. The molecule has 1 saturated heterocycles. The number of pyridine rings is 1. The highest BCUT2D eigenvalue weighted by atomic mass is 79.9. The van der Waals surface area contributed by atoms with Gasteiger partial charge < -0.3 is 10.8 Å². The van der Waals surface area contributed by atoms with Crippen molar-refractivity contribution in [3.05, 3.63) is 16.7 Å². The van der Waals surface area contributed by atoms with Gasteiger partial charge in [0.15, 0.2) is 0 Å².